The summed E-state index contributed by atoms with van der Waals surface area (Å²) in [6, 6.07) is 4.05. The predicted molar refractivity (Wildman–Crippen MR) is 112 cm³/mol. The van der Waals surface area contributed by atoms with Crippen LogP contribution in [0.1, 0.15) is 44.4 Å². The summed E-state index contributed by atoms with van der Waals surface area (Å²) < 4.78 is 0. The molecular formula is C18H32IN5. The lowest BCUT2D eigenvalue weighted by atomic mass is 9.98. The van der Waals surface area contributed by atoms with Crippen LogP contribution >= 0.6 is 24.0 Å². The highest BCUT2D eigenvalue weighted by molar-refractivity contribution is 14.0. The number of piperidine rings is 1. The molecule has 0 atom stereocenters. The highest BCUT2D eigenvalue weighted by Crippen LogP contribution is 2.19. The molecule has 1 aromatic heterocycles. The first-order chi connectivity index (χ1) is 11.0. The maximum absolute atomic E-state index is 4.41. The van der Waals surface area contributed by atoms with E-state index in [4.69, 9.17) is 0 Å². The van der Waals surface area contributed by atoms with Gasteiger partial charge in [-0.15, -0.1) is 24.0 Å². The lowest BCUT2D eigenvalue weighted by molar-refractivity contribution is 0.0982. The standard InChI is InChI=1S/C18H31N5.HI/c1-15-9-8-10-20-16(15)13-21-17(19-4)22-14-18(2,3)23-11-6-5-7-12-23;/h8-10H,5-7,11-14H2,1-4H3,(H2,19,21,22);1H. The Morgan fingerprint density at radius 2 is 1.96 bits per heavy atom. The summed E-state index contributed by atoms with van der Waals surface area (Å²) in [5, 5.41) is 6.83. The van der Waals surface area contributed by atoms with Crippen LogP contribution in [0.25, 0.3) is 0 Å². The molecule has 1 aliphatic rings. The van der Waals surface area contributed by atoms with E-state index in [0.29, 0.717) is 6.54 Å². The minimum Gasteiger partial charge on any atom is -0.355 e. The summed E-state index contributed by atoms with van der Waals surface area (Å²) in [6.07, 6.45) is 5.83. The summed E-state index contributed by atoms with van der Waals surface area (Å²) in [5.74, 6) is 0.833. The molecule has 2 N–H and O–H groups in total. The number of hydrogen-bond acceptors (Lipinski definition) is 3. The number of nitrogens with one attached hydrogen (secondary N) is 2. The van der Waals surface area contributed by atoms with Gasteiger partial charge in [0.1, 0.15) is 0 Å². The zero-order chi connectivity index (χ0) is 16.7. The lowest BCUT2D eigenvalue weighted by Gasteiger charge is -2.41. The van der Waals surface area contributed by atoms with E-state index < -0.39 is 0 Å². The van der Waals surface area contributed by atoms with Crippen molar-refractivity contribution in [2.24, 2.45) is 4.99 Å². The first-order valence-electron chi connectivity index (χ1n) is 8.63. The van der Waals surface area contributed by atoms with Crippen molar-refractivity contribution in [3.63, 3.8) is 0 Å². The van der Waals surface area contributed by atoms with Crippen LogP contribution in [0.15, 0.2) is 23.3 Å². The molecule has 0 unspecified atom stereocenters. The molecule has 2 heterocycles. The Morgan fingerprint density at radius 3 is 2.58 bits per heavy atom. The highest BCUT2D eigenvalue weighted by Gasteiger charge is 2.27. The Bertz CT molecular complexity index is 524. The molecule has 136 valence electrons. The fraction of sp³-hybridized carbons (Fsp3) is 0.667. The second-order valence-electron chi connectivity index (χ2n) is 6.91. The van der Waals surface area contributed by atoms with Gasteiger partial charge in [-0.25, -0.2) is 0 Å². The molecule has 0 spiro atoms. The Kier molecular flexibility index (Phi) is 8.97. The Labute approximate surface area is 163 Å². The van der Waals surface area contributed by atoms with Gasteiger partial charge in [-0.05, 0) is 58.3 Å². The number of pyridine rings is 1. The van der Waals surface area contributed by atoms with Gasteiger partial charge in [0.05, 0.1) is 12.2 Å². The van der Waals surface area contributed by atoms with Crippen molar-refractivity contribution >= 4 is 29.9 Å². The third-order valence-electron chi connectivity index (χ3n) is 4.67. The van der Waals surface area contributed by atoms with E-state index >= 15 is 0 Å². The van der Waals surface area contributed by atoms with Crippen LogP contribution in [0.4, 0.5) is 0 Å². The molecule has 5 nitrogen and oxygen atoms in total. The molecule has 0 aromatic carbocycles. The molecule has 6 heteroatoms. The molecule has 0 amide bonds. The van der Waals surface area contributed by atoms with Crippen LogP contribution in [0.2, 0.25) is 0 Å². The Balaban J connectivity index is 0.00000288. The molecule has 24 heavy (non-hydrogen) atoms. The van der Waals surface area contributed by atoms with Crippen molar-refractivity contribution in [1.29, 1.82) is 0 Å². The fourth-order valence-electron chi connectivity index (χ4n) is 3.00. The van der Waals surface area contributed by atoms with Gasteiger partial charge < -0.3 is 10.6 Å². The van der Waals surface area contributed by atoms with Gasteiger partial charge >= 0.3 is 0 Å². The average Bonchev–Trinajstić information content (AvgIpc) is 2.57. The van der Waals surface area contributed by atoms with Crippen LogP contribution in [-0.4, -0.2) is 48.1 Å². The Hall–Kier alpha value is -0.890. The van der Waals surface area contributed by atoms with Crippen molar-refractivity contribution in [2.45, 2.75) is 52.1 Å². The van der Waals surface area contributed by atoms with Crippen molar-refractivity contribution in [3.8, 4) is 0 Å². The van der Waals surface area contributed by atoms with Crippen LogP contribution in [0, 0.1) is 6.92 Å². The number of hydrogen-bond donors (Lipinski definition) is 2. The fourth-order valence-corrected chi connectivity index (χ4v) is 3.00. The molecule has 1 aliphatic heterocycles. The normalized spacial score (nSPS) is 16.4. The smallest absolute Gasteiger partial charge is 0.191 e. The van der Waals surface area contributed by atoms with Gasteiger partial charge in [0.2, 0.25) is 0 Å². The molecule has 0 bridgehead atoms. The van der Waals surface area contributed by atoms with Crippen LogP contribution in [0.3, 0.4) is 0 Å². The molecule has 0 saturated carbocycles. The van der Waals surface area contributed by atoms with E-state index in [2.05, 4.69) is 52.3 Å². The van der Waals surface area contributed by atoms with E-state index in [1.807, 2.05) is 19.3 Å². The summed E-state index contributed by atoms with van der Waals surface area (Å²) in [6.45, 7) is 10.7. The van der Waals surface area contributed by atoms with E-state index in [-0.39, 0.29) is 29.5 Å². The highest BCUT2D eigenvalue weighted by atomic mass is 127. The van der Waals surface area contributed by atoms with Crippen molar-refractivity contribution < 1.29 is 0 Å². The maximum Gasteiger partial charge on any atom is 0.191 e. The van der Waals surface area contributed by atoms with Crippen molar-refractivity contribution in [1.82, 2.24) is 20.5 Å². The molecule has 1 aromatic rings. The number of guanidine groups is 1. The van der Waals surface area contributed by atoms with Gasteiger partial charge in [0.15, 0.2) is 5.96 Å². The van der Waals surface area contributed by atoms with E-state index in [9.17, 15) is 0 Å². The summed E-state index contributed by atoms with van der Waals surface area (Å²) in [5.41, 5.74) is 2.40. The molecule has 1 saturated heterocycles. The minimum atomic E-state index is 0. The quantitative estimate of drug-likeness (QED) is 0.416. The lowest BCUT2D eigenvalue weighted by Crippen LogP contribution is -2.54. The summed E-state index contributed by atoms with van der Waals surface area (Å²) in [7, 11) is 1.81. The second-order valence-corrected chi connectivity index (χ2v) is 6.91. The third kappa shape index (κ3) is 6.20. The van der Waals surface area contributed by atoms with Crippen LogP contribution in [0.5, 0.6) is 0 Å². The molecular weight excluding hydrogens is 413 g/mol. The zero-order valence-corrected chi connectivity index (χ0v) is 17.8. The number of likely N-dealkylation sites (tertiary alicyclic amines) is 1. The minimum absolute atomic E-state index is 0. The second kappa shape index (κ2) is 10.2. The monoisotopic (exact) mass is 445 g/mol. The van der Waals surface area contributed by atoms with E-state index in [1.165, 1.54) is 37.9 Å². The average molecular weight is 445 g/mol. The van der Waals surface area contributed by atoms with Gasteiger partial charge in [-0.3, -0.25) is 14.9 Å². The van der Waals surface area contributed by atoms with Gasteiger partial charge in [0, 0.05) is 25.3 Å². The molecule has 2 rings (SSSR count). The number of aryl methyl sites for hydroxylation is 1. The Morgan fingerprint density at radius 1 is 1.25 bits per heavy atom. The van der Waals surface area contributed by atoms with Gasteiger partial charge in [-0.2, -0.15) is 0 Å². The SMILES string of the molecule is CN=C(NCc1ncccc1C)NCC(C)(C)N1CCCCC1.I. The molecule has 1 fully saturated rings. The van der Waals surface area contributed by atoms with Gasteiger partial charge in [0.25, 0.3) is 0 Å². The maximum atomic E-state index is 4.41. The van der Waals surface area contributed by atoms with Crippen LogP contribution < -0.4 is 10.6 Å². The molecule has 0 aliphatic carbocycles. The number of halogens is 1. The van der Waals surface area contributed by atoms with E-state index in [1.54, 1.807) is 0 Å². The largest absolute Gasteiger partial charge is 0.355 e. The summed E-state index contributed by atoms with van der Waals surface area (Å²) >= 11 is 0. The van der Waals surface area contributed by atoms with Gasteiger partial charge in [-0.1, -0.05) is 12.5 Å². The number of nitrogens with zero attached hydrogens (tertiary/aromatic N) is 3. The number of aromatic nitrogens is 1. The number of aliphatic imine (C=N–C) groups is 1. The zero-order valence-electron chi connectivity index (χ0n) is 15.4. The topological polar surface area (TPSA) is 52.6 Å². The predicted octanol–water partition coefficient (Wildman–Crippen LogP) is 2.94. The molecule has 0 radical (unpaired) electrons. The van der Waals surface area contributed by atoms with E-state index in [0.717, 1.165) is 18.2 Å². The first-order valence-corrected chi connectivity index (χ1v) is 8.63. The first kappa shape index (κ1) is 21.2. The summed E-state index contributed by atoms with van der Waals surface area (Å²) in [4.78, 5) is 11.3. The van der Waals surface area contributed by atoms with Crippen LogP contribution in [-0.2, 0) is 6.54 Å². The van der Waals surface area contributed by atoms with Crippen molar-refractivity contribution in [3.05, 3.63) is 29.6 Å². The number of rotatable bonds is 5. The van der Waals surface area contributed by atoms with Crippen molar-refractivity contribution in [2.75, 3.05) is 26.7 Å². The third-order valence-corrected chi connectivity index (χ3v) is 4.67.